The molecule has 1 N–H and O–H groups in total. The molecule has 1 aliphatic heterocycles. The number of anilines is 2. The summed E-state index contributed by atoms with van der Waals surface area (Å²) in [7, 11) is 0. The van der Waals surface area contributed by atoms with E-state index < -0.39 is 17.7 Å². The number of aromatic nitrogens is 1. The van der Waals surface area contributed by atoms with Crippen LogP contribution in [0.5, 0.6) is 0 Å². The van der Waals surface area contributed by atoms with E-state index >= 15 is 0 Å². The number of nitrogens with one attached hydrogen (secondary N) is 1. The van der Waals surface area contributed by atoms with Gasteiger partial charge in [0.25, 0.3) is 0 Å². The van der Waals surface area contributed by atoms with Gasteiger partial charge in [0.1, 0.15) is 10.8 Å². The van der Waals surface area contributed by atoms with Gasteiger partial charge in [-0.1, -0.05) is 0 Å². The van der Waals surface area contributed by atoms with Gasteiger partial charge in [-0.3, -0.25) is 9.69 Å². The first-order valence-electron chi connectivity index (χ1n) is 9.83. The summed E-state index contributed by atoms with van der Waals surface area (Å²) in [5, 5.41) is 4.93. The lowest BCUT2D eigenvalue weighted by atomic mass is 10.2. The highest BCUT2D eigenvalue weighted by Crippen LogP contribution is 2.29. The van der Waals surface area contributed by atoms with Crippen molar-refractivity contribution >= 4 is 34.0 Å². The van der Waals surface area contributed by atoms with E-state index in [0.29, 0.717) is 42.6 Å². The summed E-state index contributed by atoms with van der Waals surface area (Å²) in [5.74, 6) is -0.237. The molecule has 1 aliphatic rings. The Kier molecular flexibility index (Phi) is 7.50. The van der Waals surface area contributed by atoms with Crippen LogP contribution in [0.2, 0.25) is 0 Å². The van der Waals surface area contributed by atoms with Gasteiger partial charge in [0.2, 0.25) is 5.91 Å². The second kappa shape index (κ2) is 10.1. The lowest BCUT2D eigenvalue weighted by Crippen LogP contribution is -2.36. The number of nitrogens with zero attached hydrogens (tertiary/aromatic N) is 3. The molecule has 1 saturated heterocycles. The highest BCUT2D eigenvalue weighted by Gasteiger charge is 2.31. The Bertz CT molecular complexity index is 902. The van der Waals surface area contributed by atoms with Crippen molar-refractivity contribution in [3.05, 3.63) is 40.9 Å². The first-order chi connectivity index (χ1) is 14.8. The number of alkyl halides is 3. The second-order valence-electron chi connectivity index (χ2n) is 6.95. The van der Waals surface area contributed by atoms with Gasteiger partial charge in [0, 0.05) is 32.4 Å². The number of pyridine rings is 1. The Hall–Kier alpha value is -2.66. The molecule has 0 aromatic carbocycles. The van der Waals surface area contributed by atoms with E-state index in [-0.39, 0.29) is 19.1 Å². The first-order valence-corrected chi connectivity index (χ1v) is 10.7. The molecule has 2 aromatic heterocycles. The van der Waals surface area contributed by atoms with Gasteiger partial charge in [-0.05, 0) is 36.9 Å². The predicted molar refractivity (Wildman–Crippen MR) is 111 cm³/mol. The van der Waals surface area contributed by atoms with Crippen LogP contribution in [0.3, 0.4) is 0 Å². The molecule has 31 heavy (non-hydrogen) atoms. The number of rotatable bonds is 6. The van der Waals surface area contributed by atoms with Crippen LogP contribution in [0.15, 0.2) is 29.8 Å². The molecule has 0 aliphatic carbocycles. The zero-order chi connectivity index (χ0) is 22.4. The van der Waals surface area contributed by atoms with Crippen molar-refractivity contribution in [3.8, 4) is 0 Å². The molecule has 0 unspecified atom stereocenters. The summed E-state index contributed by atoms with van der Waals surface area (Å²) in [6, 6.07) is 4.01. The summed E-state index contributed by atoms with van der Waals surface area (Å²) in [6.45, 7) is 4.51. The monoisotopic (exact) mass is 456 g/mol. The number of ether oxygens (including phenoxy) is 1. The quantitative estimate of drug-likeness (QED) is 0.671. The summed E-state index contributed by atoms with van der Waals surface area (Å²) < 4.78 is 43.1. The molecule has 7 nitrogen and oxygen atoms in total. The van der Waals surface area contributed by atoms with E-state index in [1.54, 1.807) is 18.4 Å². The number of thiophene rings is 1. The maximum atomic E-state index is 12.7. The largest absolute Gasteiger partial charge is 0.462 e. The summed E-state index contributed by atoms with van der Waals surface area (Å²) in [6.07, 6.45) is -2.83. The predicted octanol–water partition coefficient (Wildman–Crippen LogP) is 3.49. The molecule has 1 amide bonds. The number of halogens is 3. The van der Waals surface area contributed by atoms with Crippen LogP contribution in [0.1, 0.15) is 29.3 Å². The number of amides is 1. The van der Waals surface area contributed by atoms with Gasteiger partial charge >= 0.3 is 12.1 Å². The standard InChI is InChI=1S/C20H23F3N4O3S/c1-2-30-19(29)15-6-11-31-18(15)25-17(28)13-26-7-3-8-27(10-9-26)16-5-4-14(12-24-16)20(21,22)23/h4-6,11-12H,2-3,7-10,13H2,1H3,(H,25,28). The summed E-state index contributed by atoms with van der Waals surface area (Å²) >= 11 is 1.25. The summed E-state index contributed by atoms with van der Waals surface area (Å²) in [4.78, 5) is 32.3. The zero-order valence-electron chi connectivity index (χ0n) is 16.9. The van der Waals surface area contributed by atoms with E-state index in [2.05, 4.69) is 10.3 Å². The molecule has 0 bridgehead atoms. The molecule has 11 heteroatoms. The minimum atomic E-state index is -4.41. The van der Waals surface area contributed by atoms with Crippen molar-refractivity contribution in [1.82, 2.24) is 9.88 Å². The zero-order valence-corrected chi connectivity index (χ0v) is 17.8. The third-order valence-electron chi connectivity index (χ3n) is 4.77. The van der Waals surface area contributed by atoms with Crippen LogP contribution in [-0.4, -0.2) is 61.1 Å². The fourth-order valence-corrected chi connectivity index (χ4v) is 4.04. The molecule has 2 aromatic rings. The SMILES string of the molecule is CCOC(=O)c1ccsc1NC(=O)CN1CCCN(c2ccc(C(F)(F)F)cn2)CC1. The molecule has 168 valence electrons. The normalized spacial score (nSPS) is 15.4. The van der Waals surface area contributed by atoms with Crippen molar-refractivity contribution in [2.24, 2.45) is 0 Å². The third kappa shape index (κ3) is 6.17. The fraction of sp³-hybridized carbons (Fsp3) is 0.450. The van der Waals surface area contributed by atoms with Gasteiger partial charge < -0.3 is 15.0 Å². The van der Waals surface area contributed by atoms with Crippen LogP contribution >= 0.6 is 11.3 Å². The van der Waals surface area contributed by atoms with Crippen molar-refractivity contribution in [1.29, 1.82) is 0 Å². The maximum Gasteiger partial charge on any atom is 0.417 e. The average molecular weight is 456 g/mol. The van der Waals surface area contributed by atoms with Crippen molar-refractivity contribution in [2.45, 2.75) is 19.5 Å². The smallest absolute Gasteiger partial charge is 0.417 e. The number of hydrogen-bond acceptors (Lipinski definition) is 7. The van der Waals surface area contributed by atoms with Gasteiger partial charge in [-0.25, -0.2) is 9.78 Å². The Morgan fingerprint density at radius 3 is 2.68 bits per heavy atom. The number of carbonyl (C=O) groups is 2. The topological polar surface area (TPSA) is 74.8 Å². The molecule has 1 fully saturated rings. The number of esters is 1. The van der Waals surface area contributed by atoms with E-state index in [9.17, 15) is 22.8 Å². The lowest BCUT2D eigenvalue weighted by molar-refractivity contribution is -0.137. The highest BCUT2D eigenvalue weighted by atomic mass is 32.1. The third-order valence-corrected chi connectivity index (χ3v) is 5.60. The first kappa shape index (κ1) is 23.0. The van der Waals surface area contributed by atoms with E-state index in [1.807, 2.05) is 9.80 Å². The van der Waals surface area contributed by atoms with Crippen LogP contribution in [-0.2, 0) is 15.7 Å². The van der Waals surface area contributed by atoms with Crippen LogP contribution in [0.4, 0.5) is 24.0 Å². The number of carbonyl (C=O) groups excluding carboxylic acids is 2. The minimum Gasteiger partial charge on any atom is -0.462 e. The van der Waals surface area contributed by atoms with E-state index in [4.69, 9.17) is 4.74 Å². The molecular weight excluding hydrogens is 433 g/mol. The molecule has 0 spiro atoms. The molecule has 3 heterocycles. The maximum absolute atomic E-state index is 12.7. The molecule has 0 radical (unpaired) electrons. The lowest BCUT2D eigenvalue weighted by Gasteiger charge is -2.22. The highest BCUT2D eigenvalue weighted by molar-refractivity contribution is 7.14. The van der Waals surface area contributed by atoms with Crippen LogP contribution in [0.25, 0.3) is 0 Å². The average Bonchev–Trinajstić information content (AvgIpc) is 3.05. The Balaban J connectivity index is 1.54. The summed E-state index contributed by atoms with van der Waals surface area (Å²) in [5.41, 5.74) is -0.448. The second-order valence-corrected chi connectivity index (χ2v) is 7.87. The van der Waals surface area contributed by atoms with E-state index in [1.165, 1.54) is 17.4 Å². The Labute approximate surface area is 181 Å². The number of hydrogen-bond donors (Lipinski definition) is 1. The molecular formula is C20H23F3N4O3S. The van der Waals surface area contributed by atoms with Gasteiger partial charge in [-0.2, -0.15) is 13.2 Å². The van der Waals surface area contributed by atoms with Gasteiger partial charge in [0.05, 0.1) is 24.3 Å². The van der Waals surface area contributed by atoms with Crippen LogP contribution < -0.4 is 10.2 Å². The van der Waals surface area contributed by atoms with Gasteiger partial charge in [0.15, 0.2) is 0 Å². The molecule has 0 atom stereocenters. The Morgan fingerprint density at radius 1 is 1.19 bits per heavy atom. The fourth-order valence-electron chi connectivity index (χ4n) is 3.24. The molecule has 3 rings (SSSR count). The van der Waals surface area contributed by atoms with Gasteiger partial charge in [-0.15, -0.1) is 11.3 Å². The van der Waals surface area contributed by atoms with E-state index in [0.717, 1.165) is 18.7 Å². The van der Waals surface area contributed by atoms with Crippen molar-refractivity contribution in [3.63, 3.8) is 0 Å². The molecule has 0 saturated carbocycles. The minimum absolute atomic E-state index is 0.147. The van der Waals surface area contributed by atoms with Crippen molar-refractivity contribution in [2.75, 3.05) is 49.5 Å². The van der Waals surface area contributed by atoms with Crippen molar-refractivity contribution < 1.29 is 27.5 Å². The Morgan fingerprint density at radius 2 is 2.00 bits per heavy atom. The van der Waals surface area contributed by atoms with Crippen LogP contribution in [0, 0.1) is 0 Å².